The number of urea groups is 1. The first-order valence-electron chi connectivity index (χ1n) is 9.40. The molecule has 0 bridgehead atoms. The van der Waals surface area contributed by atoms with Crippen molar-refractivity contribution in [2.45, 2.75) is 25.7 Å². The number of hydrogen-bond acceptors (Lipinski definition) is 3. The summed E-state index contributed by atoms with van der Waals surface area (Å²) in [5, 5.41) is 5.22. The van der Waals surface area contributed by atoms with Gasteiger partial charge in [0.25, 0.3) is 11.8 Å². The van der Waals surface area contributed by atoms with E-state index in [-0.39, 0.29) is 11.8 Å². The van der Waals surface area contributed by atoms with E-state index >= 15 is 0 Å². The quantitative estimate of drug-likeness (QED) is 0.756. The number of nitrogens with one attached hydrogen (secondary N) is 2. The lowest BCUT2D eigenvalue weighted by atomic mass is 10.1. The van der Waals surface area contributed by atoms with E-state index in [0.29, 0.717) is 22.5 Å². The Morgan fingerprint density at radius 1 is 0.786 bits per heavy atom. The van der Waals surface area contributed by atoms with E-state index in [1.165, 1.54) is 18.9 Å². The number of primary amides is 1. The van der Waals surface area contributed by atoms with Crippen LogP contribution in [0.5, 0.6) is 0 Å². The molecule has 146 valence electrons. The van der Waals surface area contributed by atoms with Crippen LogP contribution in [0.15, 0.2) is 48.5 Å². The van der Waals surface area contributed by atoms with Crippen molar-refractivity contribution in [2.24, 2.45) is 5.73 Å². The van der Waals surface area contributed by atoms with Crippen LogP contribution in [0.2, 0.25) is 0 Å². The molecule has 7 heteroatoms. The lowest BCUT2D eigenvalue weighted by molar-refractivity contribution is 0.0761. The molecule has 4 N–H and O–H groups in total. The number of carbonyl (C=O) groups excluding carboxylic acids is 3. The monoisotopic (exact) mass is 380 g/mol. The molecule has 1 saturated heterocycles. The highest BCUT2D eigenvalue weighted by atomic mass is 16.2. The molecule has 0 aromatic heterocycles. The van der Waals surface area contributed by atoms with Gasteiger partial charge in [-0.25, -0.2) is 4.79 Å². The molecule has 0 unspecified atom stereocenters. The predicted molar refractivity (Wildman–Crippen MR) is 108 cm³/mol. The maximum absolute atomic E-state index is 12.6. The van der Waals surface area contributed by atoms with Crippen molar-refractivity contribution in [1.82, 2.24) is 4.90 Å². The highest BCUT2D eigenvalue weighted by molar-refractivity contribution is 6.05. The molecule has 28 heavy (non-hydrogen) atoms. The molecular weight excluding hydrogens is 356 g/mol. The molecule has 0 spiro atoms. The first-order chi connectivity index (χ1) is 13.5. The van der Waals surface area contributed by atoms with Crippen molar-refractivity contribution in [2.75, 3.05) is 23.7 Å². The van der Waals surface area contributed by atoms with Crippen molar-refractivity contribution in [1.29, 1.82) is 0 Å². The van der Waals surface area contributed by atoms with E-state index in [1.807, 2.05) is 4.90 Å². The molecule has 0 atom stereocenters. The maximum Gasteiger partial charge on any atom is 0.316 e. The summed E-state index contributed by atoms with van der Waals surface area (Å²) in [6.07, 6.45) is 4.43. The zero-order chi connectivity index (χ0) is 19.9. The van der Waals surface area contributed by atoms with Crippen LogP contribution in [0.4, 0.5) is 16.2 Å². The highest BCUT2D eigenvalue weighted by Gasteiger charge is 2.17. The first-order valence-corrected chi connectivity index (χ1v) is 9.40. The number of rotatable bonds is 4. The summed E-state index contributed by atoms with van der Waals surface area (Å²) in [4.78, 5) is 37.9. The molecular formula is C21H24N4O3. The van der Waals surface area contributed by atoms with Gasteiger partial charge in [-0.1, -0.05) is 18.9 Å². The normalized spacial score (nSPS) is 14.1. The van der Waals surface area contributed by atoms with Crippen molar-refractivity contribution >= 4 is 29.2 Å². The smallest absolute Gasteiger partial charge is 0.316 e. The Kier molecular flexibility index (Phi) is 6.26. The third-order valence-corrected chi connectivity index (χ3v) is 4.68. The van der Waals surface area contributed by atoms with Gasteiger partial charge in [-0.3, -0.25) is 9.59 Å². The van der Waals surface area contributed by atoms with Crippen molar-refractivity contribution < 1.29 is 14.4 Å². The van der Waals surface area contributed by atoms with Crippen LogP contribution in [-0.4, -0.2) is 35.8 Å². The fourth-order valence-corrected chi connectivity index (χ4v) is 3.24. The Balaban J connectivity index is 1.64. The minimum absolute atomic E-state index is 0.0324. The van der Waals surface area contributed by atoms with E-state index < -0.39 is 6.03 Å². The summed E-state index contributed by atoms with van der Waals surface area (Å²) in [5.74, 6) is -0.287. The second kappa shape index (κ2) is 9.03. The molecule has 7 nitrogen and oxygen atoms in total. The van der Waals surface area contributed by atoms with Gasteiger partial charge < -0.3 is 21.3 Å². The first kappa shape index (κ1) is 19.4. The molecule has 0 aliphatic carbocycles. The molecule has 1 aliphatic heterocycles. The molecule has 2 aromatic carbocycles. The van der Waals surface area contributed by atoms with Crippen LogP contribution in [0.25, 0.3) is 0 Å². The number of carbonyl (C=O) groups is 3. The zero-order valence-corrected chi connectivity index (χ0v) is 15.6. The van der Waals surface area contributed by atoms with Crippen molar-refractivity contribution in [3.05, 3.63) is 59.7 Å². The summed E-state index contributed by atoms with van der Waals surface area (Å²) >= 11 is 0. The number of amides is 4. The molecule has 0 saturated carbocycles. The number of anilines is 2. The van der Waals surface area contributed by atoms with Gasteiger partial charge in [0.2, 0.25) is 0 Å². The van der Waals surface area contributed by atoms with E-state index in [1.54, 1.807) is 42.5 Å². The Labute approximate surface area is 163 Å². The fourth-order valence-electron chi connectivity index (χ4n) is 3.24. The average molecular weight is 380 g/mol. The number of nitrogens with zero attached hydrogens (tertiary/aromatic N) is 1. The van der Waals surface area contributed by atoms with E-state index in [0.717, 1.165) is 25.9 Å². The molecule has 1 fully saturated rings. The van der Waals surface area contributed by atoms with Crippen LogP contribution < -0.4 is 16.4 Å². The molecule has 4 amide bonds. The van der Waals surface area contributed by atoms with E-state index in [2.05, 4.69) is 10.6 Å². The van der Waals surface area contributed by atoms with Gasteiger partial charge in [0, 0.05) is 35.6 Å². The van der Waals surface area contributed by atoms with E-state index in [4.69, 9.17) is 5.73 Å². The standard InChI is InChI=1S/C21H24N4O3/c22-21(28)24-18-7-5-6-16(14-18)19(26)23-17-10-8-15(9-11-17)20(27)25-12-3-1-2-4-13-25/h5-11,14H,1-4,12-13H2,(H,23,26)(H3,22,24,28). The number of benzene rings is 2. The molecule has 2 aromatic rings. The van der Waals surface area contributed by atoms with Gasteiger partial charge in [-0.15, -0.1) is 0 Å². The minimum atomic E-state index is -0.692. The van der Waals surface area contributed by atoms with Crippen LogP contribution in [0.3, 0.4) is 0 Å². The van der Waals surface area contributed by atoms with Gasteiger partial charge in [0.05, 0.1) is 0 Å². The zero-order valence-electron chi connectivity index (χ0n) is 15.6. The number of likely N-dealkylation sites (tertiary alicyclic amines) is 1. The summed E-state index contributed by atoms with van der Waals surface area (Å²) in [6.45, 7) is 1.60. The number of hydrogen-bond donors (Lipinski definition) is 3. The maximum atomic E-state index is 12.6. The van der Waals surface area contributed by atoms with Gasteiger partial charge in [-0.05, 0) is 55.3 Å². The van der Waals surface area contributed by atoms with Crippen LogP contribution in [0.1, 0.15) is 46.4 Å². The fraction of sp³-hybridized carbons (Fsp3) is 0.286. The van der Waals surface area contributed by atoms with Gasteiger partial charge in [0.15, 0.2) is 0 Å². The molecule has 3 rings (SSSR count). The second-order valence-corrected chi connectivity index (χ2v) is 6.81. The van der Waals surface area contributed by atoms with Crippen molar-refractivity contribution in [3.63, 3.8) is 0 Å². The number of nitrogens with two attached hydrogens (primary N) is 1. The average Bonchev–Trinajstić information content (AvgIpc) is 2.97. The second-order valence-electron chi connectivity index (χ2n) is 6.81. The highest BCUT2D eigenvalue weighted by Crippen LogP contribution is 2.17. The summed E-state index contributed by atoms with van der Waals surface area (Å²) in [7, 11) is 0. The summed E-state index contributed by atoms with van der Waals surface area (Å²) < 4.78 is 0. The van der Waals surface area contributed by atoms with Crippen LogP contribution >= 0.6 is 0 Å². The topological polar surface area (TPSA) is 105 Å². The third kappa shape index (κ3) is 5.09. The largest absolute Gasteiger partial charge is 0.351 e. The summed E-state index contributed by atoms with van der Waals surface area (Å²) in [5.41, 5.74) is 7.13. The molecule has 0 radical (unpaired) electrons. The third-order valence-electron chi connectivity index (χ3n) is 4.68. The van der Waals surface area contributed by atoms with Gasteiger partial charge >= 0.3 is 6.03 Å². The summed E-state index contributed by atoms with van der Waals surface area (Å²) in [6, 6.07) is 12.7. The minimum Gasteiger partial charge on any atom is -0.351 e. The Hall–Kier alpha value is -3.35. The van der Waals surface area contributed by atoms with Gasteiger partial charge in [-0.2, -0.15) is 0 Å². The Bertz CT molecular complexity index is 856. The molecule has 1 heterocycles. The van der Waals surface area contributed by atoms with Gasteiger partial charge in [0.1, 0.15) is 0 Å². The Morgan fingerprint density at radius 2 is 1.46 bits per heavy atom. The van der Waals surface area contributed by atoms with Crippen molar-refractivity contribution in [3.8, 4) is 0 Å². The Morgan fingerprint density at radius 3 is 2.11 bits per heavy atom. The van der Waals surface area contributed by atoms with Crippen LogP contribution in [0, 0.1) is 0 Å². The SMILES string of the molecule is NC(=O)Nc1cccc(C(=O)Nc2ccc(C(=O)N3CCCCCC3)cc2)c1. The predicted octanol–water partition coefficient (Wildman–Crippen LogP) is 3.45. The lowest BCUT2D eigenvalue weighted by Crippen LogP contribution is -2.31. The van der Waals surface area contributed by atoms with E-state index in [9.17, 15) is 14.4 Å². The lowest BCUT2D eigenvalue weighted by Gasteiger charge is -2.20. The van der Waals surface area contributed by atoms with Crippen LogP contribution in [-0.2, 0) is 0 Å². The molecule has 1 aliphatic rings.